The third kappa shape index (κ3) is 3.32. The Bertz CT molecular complexity index is 467. The Kier molecular flexibility index (Phi) is 4.37. The van der Waals surface area contributed by atoms with E-state index >= 15 is 0 Å². The molecule has 2 atom stereocenters. The Labute approximate surface area is 116 Å². The number of hydrogen-bond donors (Lipinski definition) is 0. The minimum Gasteiger partial charge on any atom is -0.306 e. The predicted molar refractivity (Wildman–Crippen MR) is 70.1 cm³/mol. The van der Waals surface area contributed by atoms with Crippen molar-refractivity contribution < 1.29 is 17.6 Å². The standard InChI is InChI=1S/C15H19F4N/c1-20(2)12-5-3-4-10(8-12)13-9-11(15(17,18)19)6-7-14(13)16/h6-7,9-10,12H,3-5,8H2,1-2H3. The van der Waals surface area contributed by atoms with Gasteiger partial charge in [0.05, 0.1) is 5.56 Å². The van der Waals surface area contributed by atoms with Crippen LogP contribution in [0.25, 0.3) is 0 Å². The van der Waals surface area contributed by atoms with Gasteiger partial charge in [0.25, 0.3) is 0 Å². The van der Waals surface area contributed by atoms with Gasteiger partial charge < -0.3 is 4.90 Å². The highest BCUT2D eigenvalue weighted by atomic mass is 19.4. The van der Waals surface area contributed by atoms with Crippen molar-refractivity contribution in [2.24, 2.45) is 0 Å². The van der Waals surface area contributed by atoms with Crippen LogP contribution in [0.1, 0.15) is 42.7 Å². The van der Waals surface area contributed by atoms with Gasteiger partial charge in [0.2, 0.25) is 0 Å². The zero-order valence-electron chi connectivity index (χ0n) is 11.7. The van der Waals surface area contributed by atoms with Crippen molar-refractivity contribution >= 4 is 0 Å². The number of rotatable bonds is 2. The number of hydrogen-bond acceptors (Lipinski definition) is 1. The van der Waals surface area contributed by atoms with E-state index < -0.39 is 17.6 Å². The highest BCUT2D eigenvalue weighted by Gasteiger charge is 2.33. The van der Waals surface area contributed by atoms with Crippen LogP contribution in [0.15, 0.2) is 18.2 Å². The monoisotopic (exact) mass is 289 g/mol. The second kappa shape index (κ2) is 5.72. The fourth-order valence-electron chi connectivity index (χ4n) is 2.95. The molecule has 5 heteroatoms. The first-order valence-corrected chi connectivity index (χ1v) is 6.82. The van der Waals surface area contributed by atoms with Crippen molar-refractivity contribution in [1.82, 2.24) is 4.90 Å². The van der Waals surface area contributed by atoms with Crippen molar-refractivity contribution in [1.29, 1.82) is 0 Å². The molecule has 0 radical (unpaired) electrons. The topological polar surface area (TPSA) is 3.24 Å². The fraction of sp³-hybridized carbons (Fsp3) is 0.600. The van der Waals surface area contributed by atoms with E-state index in [0.717, 1.165) is 37.5 Å². The van der Waals surface area contributed by atoms with Crippen LogP contribution < -0.4 is 0 Å². The molecule has 0 bridgehead atoms. The lowest BCUT2D eigenvalue weighted by Crippen LogP contribution is -2.32. The summed E-state index contributed by atoms with van der Waals surface area (Å²) in [5.41, 5.74) is -0.549. The average Bonchev–Trinajstić information content (AvgIpc) is 2.38. The molecule has 0 spiro atoms. The van der Waals surface area contributed by atoms with Gasteiger partial charge in [-0.1, -0.05) is 6.42 Å². The first-order chi connectivity index (χ1) is 9.29. The Hall–Kier alpha value is -1.10. The smallest absolute Gasteiger partial charge is 0.306 e. The average molecular weight is 289 g/mol. The minimum atomic E-state index is -4.42. The molecule has 0 aliphatic heterocycles. The van der Waals surface area contributed by atoms with E-state index in [1.807, 2.05) is 14.1 Å². The van der Waals surface area contributed by atoms with E-state index in [4.69, 9.17) is 0 Å². The normalized spacial score (nSPS) is 24.1. The van der Waals surface area contributed by atoms with Crippen molar-refractivity contribution in [3.8, 4) is 0 Å². The molecular weight excluding hydrogens is 270 g/mol. The third-order valence-electron chi connectivity index (χ3n) is 4.14. The summed E-state index contributed by atoms with van der Waals surface area (Å²) in [5.74, 6) is -0.652. The van der Waals surface area contributed by atoms with Crippen LogP contribution >= 0.6 is 0 Å². The van der Waals surface area contributed by atoms with E-state index in [0.29, 0.717) is 12.5 Å². The van der Waals surface area contributed by atoms with Gasteiger partial charge in [-0.2, -0.15) is 13.2 Å². The van der Waals surface area contributed by atoms with Crippen LogP contribution in [0, 0.1) is 5.82 Å². The highest BCUT2D eigenvalue weighted by molar-refractivity contribution is 5.30. The van der Waals surface area contributed by atoms with E-state index in [1.165, 1.54) is 0 Å². The minimum absolute atomic E-state index is 0.126. The third-order valence-corrected chi connectivity index (χ3v) is 4.14. The van der Waals surface area contributed by atoms with Crippen LogP contribution in [0.5, 0.6) is 0 Å². The fourth-order valence-corrected chi connectivity index (χ4v) is 2.95. The summed E-state index contributed by atoms with van der Waals surface area (Å²) in [4.78, 5) is 2.07. The predicted octanol–water partition coefficient (Wildman–Crippen LogP) is 4.43. The quantitative estimate of drug-likeness (QED) is 0.728. The Morgan fingerprint density at radius 2 is 1.85 bits per heavy atom. The Morgan fingerprint density at radius 1 is 1.15 bits per heavy atom. The lowest BCUT2D eigenvalue weighted by molar-refractivity contribution is -0.137. The largest absolute Gasteiger partial charge is 0.416 e. The van der Waals surface area contributed by atoms with Gasteiger partial charge in [0.15, 0.2) is 0 Å². The summed E-state index contributed by atoms with van der Waals surface area (Å²) >= 11 is 0. The maximum Gasteiger partial charge on any atom is 0.416 e. The SMILES string of the molecule is CN(C)C1CCCC(c2cc(C(F)(F)F)ccc2F)C1. The molecule has 1 aliphatic rings. The molecule has 0 amide bonds. The molecule has 0 aromatic heterocycles. The molecule has 2 unspecified atom stereocenters. The van der Waals surface area contributed by atoms with Crippen molar-refractivity contribution in [3.05, 3.63) is 35.1 Å². The number of halogens is 4. The maximum absolute atomic E-state index is 13.9. The Balaban J connectivity index is 2.27. The number of alkyl halides is 3. The van der Waals surface area contributed by atoms with Gasteiger partial charge in [-0.3, -0.25) is 0 Å². The molecule has 2 rings (SSSR count). The van der Waals surface area contributed by atoms with Gasteiger partial charge in [-0.05, 0) is 63.0 Å². The summed E-state index contributed by atoms with van der Waals surface area (Å²) in [6, 6.07) is 3.04. The second-order valence-corrected chi connectivity index (χ2v) is 5.72. The molecule has 1 aromatic rings. The summed E-state index contributed by atoms with van der Waals surface area (Å²) in [6.07, 6.45) is -1.01. The van der Waals surface area contributed by atoms with Gasteiger partial charge in [0.1, 0.15) is 5.82 Å². The molecule has 0 heterocycles. The molecule has 112 valence electrons. The van der Waals surface area contributed by atoms with E-state index in [1.54, 1.807) is 0 Å². The number of benzene rings is 1. The molecular formula is C15H19F4N. The lowest BCUT2D eigenvalue weighted by Gasteiger charge is -2.34. The highest BCUT2D eigenvalue weighted by Crippen LogP contribution is 2.38. The molecule has 1 saturated carbocycles. The van der Waals surface area contributed by atoms with Crippen LogP contribution in [0.4, 0.5) is 17.6 Å². The summed E-state index contributed by atoms with van der Waals surface area (Å²) < 4.78 is 52.1. The summed E-state index contributed by atoms with van der Waals surface area (Å²) in [5, 5.41) is 0. The second-order valence-electron chi connectivity index (χ2n) is 5.72. The Morgan fingerprint density at radius 3 is 2.45 bits per heavy atom. The van der Waals surface area contributed by atoms with Crippen LogP contribution in [-0.2, 0) is 6.18 Å². The van der Waals surface area contributed by atoms with Gasteiger partial charge in [-0.25, -0.2) is 4.39 Å². The molecule has 0 N–H and O–H groups in total. The summed E-state index contributed by atoms with van der Waals surface area (Å²) in [6.45, 7) is 0. The lowest BCUT2D eigenvalue weighted by atomic mass is 9.80. The first kappa shape index (κ1) is 15.3. The molecule has 20 heavy (non-hydrogen) atoms. The zero-order chi connectivity index (χ0) is 14.9. The molecule has 0 saturated heterocycles. The van der Waals surface area contributed by atoms with Crippen LogP contribution in [0.2, 0.25) is 0 Å². The van der Waals surface area contributed by atoms with Crippen LogP contribution in [0.3, 0.4) is 0 Å². The van der Waals surface area contributed by atoms with Gasteiger partial charge in [0, 0.05) is 6.04 Å². The van der Waals surface area contributed by atoms with E-state index in [-0.39, 0.29) is 11.5 Å². The maximum atomic E-state index is 13.9. The van der Waals surface area contributed by atoms with Crippen molar-refractivity contribution in [2.45, 2.75) is 43.8 Å². The van der Waals surface area contributed by atoms with Crippen LogP contribution in [-0.4, -0.2) is 25.0 Å². The van der Waals surface area contributed by atoms with Gasteiger partial charge in [-0.15, -0.1) is 0 Å². The van der Waals surface area contributed by atoms with Crippen molar-refractivity contribution in [2.75, 3.05) is 14.1 Å². The first-order valence-electron chi connectivity index (χ1n) is 6.82. The van der Waals surface area contributed by atoms with E-state index in [9.17, 15) is 17.6 Å². The zero-order valence-corrected chi connectivity index (χ0v) is 11.7. The molecule has 1 aromatic carbocycles. The summed E-state index contributed by atoms with van der Waals surface area (Å²) in [7, 11) is 3.91. The van der Waals surface area contributed by atoms with E-state index in [2.05, 4.69) is 4.90 Å². The van der Waals surface area contributed by atoms with Crippen molar-refractivity contribution in [3.63, 3.8) is 0 Å². The number of nitrogens with zero attached hydrogens (tertiary/aromatic N) is 1. The van der Waals surface area contributed by atoms with Gasteiger partial charge >= 0.3 is 6.18 Å². The molecule has 1 aliphatic carbocycles. The molecule has 1 fully saturated rings. The molecule has 1 nitrogen and oxygen atoms in total.